The zero-order valence-corrected chi connectivity index (χ0v) is 11.3. The lowest BCUT2D eigenvalue weighted by atomic mass is 10.1. The largest absolute Gasteiger partial charge is 0.268 e. The van der Waals surface area contributed by atoms with Gasteiger partial charge in [0.1, 0.15) is 11.5 Å². The first-order valence-corrected chi connectivity index (χ1v) is 6.48. The quantitative estimate of drug-likeness (QED) is 0.734. The van der Waals surface area contributed by atoms with Crippen LogP contribution in [-0.4, -0.2) is 14.8 Å². The number of rotatable bonds is 3. The number of nitrogens with zero attached hydrogens (tertiary/aromatic N) is 3. The maximum Gasteiger partial charge on any atom is 0.149 e. The lowest BCUT2D eigenvalue weighted by molar-refractivity contribution is 0.616. The van der Waals surface area contributed by atoms with Gasteiger partial charge in [-0.3, -0.25) is 9.67 Å². The van der Waals surface area contributed by atoms with E-state index in [1.54, 1.807) is 41.3 Å². The highest BCUT2D eigenvalue weighted by Crippen LogP contribution is 2.23. The monoisotopic (exact) mass is 287 g/mol. The second-order valence-corrected chi connectivity index (χ2v) is 4.82. The predicted molar refractivity (Wildman–Crippen MR) is 76.0 cm³/mol. The highest BCUT2D eigenvalue weighted by Gasteiger charge is 2.08. The van der Waals surface area contributed by atoms with E-state index in [1.807, 2.05) is 12.3 Å². The average Bonchev–Trinajstić information content (AvgIpc) is 2.93. The van der Waals surface area contributed by atoms with Crippen LogP contribution in [0.3, 0.4) is 0 Å². The summed E-state index contributed by atoms with van der Waals surface area (Å²) in [6.45, 7) is 0.498. The number of aromatic nitrogens is 3. The molecule has 3 rings (SSSR count). The number of hydrogen-bond donors (Lipinski definition) is 0. The van der Waals surface area contributed by atoms with Gasteiger partial charge in [0.2, 0.25) is 0 Å². The first-order chi connectivity index (χ1) is 9.72. The number of benzene rings is 1. The van der Waals surface area contributed by atoms with Crippen molar-refractivity contribution in [3.05, 3.63) is 71.4 Å². The van der Waals surface area contributed by atoms with Gasteiger partial charge >= 0.3 is 0 Å². The van der Waals surface area contributed by atoms with Gasteiger partial charge in [-0.15, -0.1) is 0 Å². The van der Waals surface area contributed by atoms with Crippen LogP contribution in [0, 0.1) is 5.82 Å². The summed E-state index contributed by atoms with van der Waals surface area (Å²) in [5.74, 6) is -0.350. The lowest BCUT2D eigenvalue weighted by Crippen LogP contribution is -2.02. The summed E-state index contributed by atoms with van der Waals surface area (Å²) < 4.78 is 15.9. The molecule has 0 fully saturated rings. The third-order valence-electron chi connectivity index (χ3n) is 2.92. The van der Waals surface area contributed by atoms with Gasteiger partial charge in [-0.2, -0.15) is 5.10 Å². The van der Waals surface area contributed by atoms with E-state index in [1.165, 1.54) is 6.07 Å². The van der Waals surface area contributed by atoms with Gasteiger partial charge in [-0.1, -0.05) is 23.7 Å². The average molecular weight is 288 g/mol. The molecule has 0 radical (unpaired) electrons. The molecular weight excluding hydrogens is 277 g/mol. The molecule has 0 amide bonds. The maximum atomic E-state index is 14.1. The fourth-order valence-corrected chi connectivity index (χ4v) is 2.09. The smallest absolute Gasteiger partial charge is 0.149 e. The normalized spacial score (nSPS) is 10.7. The molecule has 0 atom stereocenters. The number of halogens is 2. The van der Waals surface area contributed by atoms with E-state index in [-0.39, 0.29) is 5.82 Å². The third-order valence-corrected chi connectivity index (χ3v) is 3.17. The maximum absolute atomic E-state index is 14.1. The molecule has 20 heavy (non-hydrogen) atoms. The molecule has 0 saturated carbocycles. The molecule has 0 unspecified atom stereocenters. The molecule has 5 heteroatoms. The Morgan fingerprint density at radius 3 is 2.65 bits per heavy atom. The van der Waals surface area contributed by atoms with E-state index in [2.05, 4.69) is 10.1 Å². The van der Waals surface area contributed by atoms with Gasteiger partial charge in [0.15, 0.2) is 0 Å². The molecule has 2 aromatic heterocycles. The summed E-state index contributed by atoms with van der Waals surface area (Å²) in [7, 11) is 0. The Bertz CT molecular complexity index is 708. The summed E-state index contributed by atoms with van der Waals surface area (Å²) in [5.41, 5.74) is 1.80. The first-order valence-electron chi connectivity index (χ1n) is 6.10. The van der Waals surface area contributed by atoms with Gasteiger partial charge in [-0.05, 0) is 29.8 Å². The van der Waals surface area contributed by atoms with Crippen molar-refractivity contribution in [2.45, 2.75) is 6.54 Å². The van der Waals surface area contributed by atoms with Gasteiger partial charge in [-0.25, -0.2) is 4.39 Å². The molecule has 3 nitrogen and oxygen atoms in total. The van der Waals surface area contributed by atoms with Gasteiger partial charge < -0.3 is 0 Å². The molecule has 0 aliphatic heterocycles. The Hall–Kier alpha value is -2.20. The Labute approximate surface area is 120 Å². The Kier molecular flexibility index (Phi) is 3.48. The molecule has 0 N–H and O–H groups in total. The minimum atomic E-state index is -0.350. The van der Waals surface area contributed by atoms with Crippen molar-refractivity contribution in [1.29, 1.82) is 0 Å². The van der Waals surface area contributed by atoms with E-state index in [4.69, 9.17) is 11.6 Å². The van der Waals surface area contributed by atoms with Crippen LogP contribution in [0.4, 0.5) is 4.39 Å². The van der Waals surface area contributed by atoms with Crippen LogP contribution >= 0.6 is 11.6 Å². The van der Waals surface area contributed by atoms with Crippen molar-refractivity contribution in [3.63, 3.8) is 0 Å². The zero-order chi connectivity index (χ0) is 13.9. The van der Waals surface area contributed by atoms with E-state index < -0.39 is 0 Å². The van der Waals surface area contributed by atoms with Gasteiger partial charge in [0.25, 0.3) is 0 Å². The molecule has 0 spiro atoms. The van der Waals surface area contributed by atoms with Crippen molar-refractivity contribution in [2.24, 2.45) is 0 Å². The molecule has 0 bridgehead atoms. The van der Waals surface area contributed by atoms with Crippen molar-refractivity contribution in [2.75, 3.05) is 0 Å². The van der Waals surface area contributed by atoms with Gasteiger partial charge in [0.05, 0.1) is 6.54 Å². The molecular formula is C15H11ClFN3. The van der Waals surface area contributed by atoms with E-state index in [9.17, 15) is 4.39 Å². The summed E-state index contributed by atoms with van der Waals surface area (Å²) in [6.07, 6.45) is 5.17. The number of hydrogen-bond acceptors (Lipinski definition) is 2. The fourth-order valence-electron chi connectivity index (χ4n) is 1.97. The minimum Gasteiger partial charge on any atom is -0.268 e. The second-order valence-electron chi connectivity index (χ2n) is 4.38. The Balaban J connectivity index is 1.89. The van der Waals surface area contributed by atoms with Crippen molar-refractivity contribution in [1.82, 2.24) is 14.8 Å². The molecule has 1 aromatic carbocycles. The van der Waals surface area contributed by atoms with E-state index in [0.717, 1.165) is 5.56 Å². The molecule has 100 valence electrons. The second kappa shape index (κ2) is 5.43. The molecule has 0 aliphatic carbocycles. The molecule has 0 aliphatic rings. The molecule has 2 heterocycles. The highest BCUT2D eigenvalue weighted by molar-refractivity contribution is 6.30. The van der Waals surface area contributed by atoms with Crippen LogP contribution in [0.15, 0.2) is 55.0 Å². The summed E-state index contributed by atoms with van der Waals surface area (Å²) >= 11 is 5.82. The highest BCUT2D eigenvalue weighted by atomic mass is 35.5. The van der Waals surface area contributed by atoms with Crippen LogP contribution in [-0.2, 0) is 6.54 Å². The van der Waals surface area contributed by atoms with Crippen LogP contribution in [0.25, 0.3) is 11.3 Å². The standard InChI is InChI=1S/C15H11ClFN3/c16-13-4-2-12(3-5-13)15-14(17)8-11(9-18-15)10-20-7-1-6-19-20/h1-9H,10H2. The lowest BCUT2D eigenvalue weighted by Gasteiger charge is -2.06. The van der Waals surface area contributed by atoms with Crippen LogP contribution in [0.1, 0.15) is 5.56 Å². The third kappa shape index (κ3) is 2.70. The summed E-state index contributed by atoms with van der Waals surface area (Å²) in [4.78, 5) is 4.20. The predicted octanol–water partition coefficient (Wildman–Crippen LogP) is 3.79. The van der Waals surface area contributed by atoms with Crippen LogP contribution < -0.4 is 0 Å². The van der Waals surface area contributed by atoms with E-state index >= 15 is 0 Å². The Morgan fingerprint density at radius 1 is 1.20 bits per heavy atom. The van der Waals surface area contributed by atoms with E-state index in [0.29, 0.717) is 22.8 Å². The first kappa shape index (κ1) is 12.8. The SMILES string of the molecule is Fc1cc(Cn2cccn2)cnc1-c1ccc(Cl)cc1. The summed E-state index contributed by atoms with van der Waals surface area (Å²) in [6, 6.07) is 10.2. The topological polar surface area (TPSA) is 30.7 Å². The van der Waals surface area contributed by atoms with Crippen LogP contribution in [0.2, 0.25) is 5.02 Å². The fraction of sp³-hybridized carbons (Fsp3) is 0.0667. The summed E-state index contributed by atoms with van der Waals surface area (Å²) in [5, 5.41) is 4.70. The van der Waals surface area contributed by atoms with Crippen LogP contribution in [0.5, 0.6) is 0 Å². The van der Waals surface area contributed by atoms with Crippen molar-refractivity contribution < 1.29 is 4.39 Å². The molecule has 3 aromatic rings. The minimum absolute atomic E-state index is 0.325. The van der Waals surface area contributed by atoms with Crippen molar-refractivity contribution in [3.8, 4) is 11.3 Å². The molecule has 0 saturated heterocycles. The van der Waals surface area contributed by atoms with Gasteiger partial charge in [0, 0.05) is 29.2 Å². The zero-order valence-electron chi connectivity index (χ0n) is 10.5. The Morgan fingerprint density at radius 2 is 2.00 bits per heavy atom. The van der Waals surface area contributed by atoms with Crippen molar-refractivity contribution >= 4 is 11.6 Å². The number of pyridine rings is 1.